The number of pyridine rings is 2. The number of carbonyl (C=O) groups is 4. The molecule has 0 radical (unpaired) electrons. The molecule has 13 nitrogen and oxygen atoms in total. The van der Waals surface area contributed by atoms with Crippen molar-refractivity contribution in [2.75, 3.05) is 6.61 Å². The van der Waals surface area contributed by atoms with E-state index in [4.69, 9.17) is 9.84 Å². The van der Waals surface area contributed by atoms with Gasteiger partial charge in [-0.05, 0) is 142 Å². The van der Waals surface area contributed by atoms with Crippen molar-refractivity contribution in [1.82, 2.24) is 29.9 Å². The number of halogens is 6. The van der Waals surface area contributed by atoms with Crippen molar-refractivity contribution >= 4 is 34.8 Å². The van der Waals surface area contributed by atoms with Gasteiger partial charge < -0.3 is 26.0 Å². The predicted octanol–water partition coefficient (Wildman–Crippen LogP) is 6.72. The number of alkyl halides is 6. The van der Waals surface area contributed by atoms with Crippen LogP contribution in [0.1, 0.15) is 125 Å². The number of aromatic nitrogens is 4. The number of hydrogen-bond donors (Lipinski definition) is 3. The molecule has 2 fully saturated rings. The molecule has 20 heteroatoms. The van der Waals surface area contributed by atoms with Crippen LogP contribution in [0.3, 0.4) is 0 Å². The average molecular weight is 987 g/mol. The number of fused-ring (bicyclic) bond motifs is 2. The summed E-state index contributed by atoms with van der Waals surface area (Å²) in [7, 11) is 0. The zero-order valence-corrected chi connectivity index (χ0v) is 40.7. The number of nitrogens with zero attached hydrogens (tertiary/aromatic N) is 4. The van der Waals surface area contributed by atoms with Gasteiger partial charge in [-0.25, -0.2) is 9.03 Å². The first kappa shape index (κ1) is 55.2. The second-order valence-corrected chi connectivity index (χ2v) is 17.5. The molecule has 8 rings (SSSR count). The van der Waals surface area contributed by atoms with Crippen LogP contribution in [0.2, 0.25) is 0 Å². The van der Waals surface area contributed by atoms with E-state index in [9.17, 15) is 45.5 Å². The van der Waals surface area contributed by atoms with Gasteiger partial charge in [-0.1, -0.05) is 36.4 Å². The fourth-order valence-electron chi connectivity index (χ4n) is 9.16. The number of ether oxygens (including phenoxy) is 1. The summed E-state index contributed by atoms with van der Waals surface area (Å²) in [6.45, 7) is 2.17. The van der Waals surface area contributed by atoms with E-state index in [0.29, 0.717) is 59.2 Å². The maximum atomic E-state index is 13.1. The maximum Gasteiger partial charge on any atom is 1.00 e. The van der Waals surface area contributed by atoms with E-state index in [-0.39, 0.29) is 83.2 Å². The number of amides is 2. The third kappa shape index (κ3) is 14.4. The summed E-state index contributed by atoms with van der Waals surface area (Å²) < 4.78 is 85.4. The van der Waals surface area contributed by atoms with Crippen molar-refractivity contribution in [2.45, 2.75) is 108 Å². The Bertz CT molecular complexity index is 2710. The van der Waals surface area contributed by atoms with Crippen molar-refractivity contribution in [2.24, 2.45) is 11.8 Å². The molecule has 4 aromatic heterocycles. The van der Waals surface area contributed by atoms with Crippen molar-refractivity contribution in [3.8, 4) is 0 Å². The molecule has 6 aromatic rings. The van der Waals surface area contributed by atoms with Gasteiger partial charge in [0.25, 0.3) is 11.8 Å². The number of hydrogen-bond acceptors (Lipinski definition) is 8. The van der Waals surface area contributed by atoms with E-state index in [1.165, 1.54) is 36.7 Å². The summed E-state index contributed by atoms with van der Waals surface area (Å²) in [6.07, 6.45) is 5.22. The molecule has 0 saturated heterocycles. The molecule has 2 aliphatic carbocycles. The van der Waals surface area contributed by atoms with E-state index >= 15 is 0 Å². The summed E-state index contributed by atoms with van der Waals surface area (Å²) in [6, 6.07) is 17.3. The zero-order chi connectivity index (χ0) is 48.6. The molecule has 0 aliphatic heterocycles. The fraction of sp³-hybridized carbons (Fsp3) is 0.400. The summed E-state index contributed by atoms with van der Waals surface area (Å²) in [4.78, 5) is 48.8. The van der Waals surface area contributed by atoms with Crippen LogP contribution in [0.4, 0.5) is 26.3 Å². The SMILES string of the molecule is CCOC(=O)CC1CCC(NC(=O)c2cnn3cccc(Cc4ccc(C(F)(F)F)cc4)c23)CC1.O=C(O)CC1CCC(NC(=O)c2cnn3cccc(Cc4ccc(C(F)(F)F)cc4)c23)CC1.[Na+].[OH-]. The molecule has 0 spiro atoms. The van der Waals surface area contributed by atoms with Gasteiger partial charge in [0.15, 0.2) is 0 Å². The van der Waals surface area contributed by atoms with Gasteiger partial charge in [0, 0.05) is 37.3 Å². The maximum absolute atomic E-state index is 13.1. The third-order valence-corrected chi connectivity index (χ3v) is 12.7. The van der Waals surface area contributed by atoms with E-state index in [0.717, 1.165) is 86.8 Å². The van der Waals surface area contributed by atoms with E-state index in [1.807, 2.05) is 12.1 Å². The second-order valence-electron chi connectivity index (χ2n) is 17.5. The van der Waals surface area contributed by atoms with Crippen molar-refractivity contribution in [3.63, 3.8) is 0 Å². The van der Waals surface area contributed by atoms with Gasteiger partial charge in [-0.15, -0.1) is 0 Å². The molecule has 2 aromatic carbocycles. The van der Waals surface area contributed by atoms with Crippen LogP contribution < -0.4 is 40.2 Å². The predicted molar refractivity (Wildman–Crippen MR) is 241 cm³/mol. The van der Waals surface area contributed by atoms with E-state index in [1.54, 1.807) is 40.5 Å². The Morgan fingerprint density at radius 3 is 1.37 bits per heavy atom. The minimum Gasteiger partial charge on any atom is -0.870 e. The molecule has 2 aliphatic rings. The van der Waals surface area contributed by atoms with Gasteiger partial charge in [0.1, 0.15) is 0 Å². The minimum absolute atomic E-state index is 0. The molecule has 2 amide bonds. The van der Waals surface area contributed by atoms with Crippen LogP contribution in [-0.4, -0.2) is 72.3 Å². The Balaban J connectivity index is 0.000000254. The van der Waals surface area contributed by atoms with Crippen LogP contribution in [-0.2, 0) is 39.5 Å². The largest absolute Gasteiger partial charge is 1.00 e. The quantitative estimate of drug-likeness (QED) is 0.0642. The van der Waals surface area contributed by atoms with Crippen LogP contribution in [0.25, 0.3) is 11.0 Å². The van der Waals surface area contributed by atoms with Crippen LogP contribution >= 0.6 is 0 Å². The molecule has 4 heterocycles. The summed E-state index contributed by atoms with van der Waals surface area (Å²) >= 11 is 0. The summed E-state index contributed by atoms with van der Waals surface area (Å²) in [5.74, 6) is -1.04. The smallest absolute Gasteiger partial charge is 0.870 e. The van der Waals surface area contributed by atoms with Gasteiger partial charge in [0.05, 0.1) is 52.3 Å². The summed E-state index contributed by atoms with van der Waals surface area (Å²) in [5.41, 5.74) is 3.69. The van der Waals surface area contributed by atoms with Crippen LogP contribution in [0.5, 0.6) is 0 Å². The Labute approximate surface area is 422 Å². The molecule has 0 bridgehead atoms. The number of carbonyl (C=O) groups excluding carboxylic acids is 3. The molecule has 0 atom stereocenters. The Kier molecular flexibility index (Phi) is 19.2. The molecule has 0 unspecified atom stereocenters. The van der Waals surface area contributed by atoms with Crippen molar-refractivity contribution in [3.05, 3.63) is 142 Å². The summed E-state index contributed by atoms with van der Waals surface area (Å²) in [5, 5.41) is 23.7. The number of carboxylic acid groups (broad SMARTS) is 1. The van der Waals surface area contributed by atoms with Crippen LogP contribution in [0, 0.1) is 11.8 Å². The topological polar surface area (TPSA) is 186 Å². The molecule has 2 saturated carbocycles. The standard InChI is InChI=1S/C26H28F3N3O3.C24H24F3N3O3.Na.H2O/c1-2-35-23(33)15-18-7-11-21(12-8-18)31-25(34)22-16-30-32-13-3-4-19(24(22)32)14-17-5-9-20(10-6-17)26(27,28)29;25-24(26,27)18-7-3-15(4-8-18)12-17-2-1-11-30-22(17)20(14-28-30)23(33)29-19-9-5-16(6-10-19)13-21(31)32;;/h3-6,9-10,13,16,18,21H,2,7-8,11-12,14-15H2,1H3,(H,31,34);1-4,7-8,11,14,16,19H,5-6,9-10,12-13H2,(H,29,33)(H,31,32);;1H2/q;;+1;/p-1. The molecule has 368 valence electrons. The fourth-order valence-corrected chi connectivity index (χ4v) is 9.16. The molecular weight excluding hydrogens is 934 g/mol. The zero-order valence-electron chi connectivity index (χ0n) is 38.7. The minimum atomic E-state index is -4.39. The number of benzene rings is 2. The van der Waals surface area contributed by atoms with Crippen molar-refractivity contribution < 1.29 is 90.4 Å². The molecule has 70 heavy (non-hydrogen) atoms. The third-order valence-electron chi connectivity index (χ3n) is 12.7. The first-order valence-electron chi connectivity index (χ1n) is 22.7. The first-order valence-corrected chi connectivity index (χ1v) is 22.7. The number of nitrogens with one attached hydrogen (secondary N) is 2. The monoisotopic (exact) mass is 986 g/mol. The van der Waals surface area contributed by atoms with E-state index in [2.05, 4.69) is 20.8 Å². The Morgan fingerprint density at radius 1 is 0.629 bits per heavy atom. The number of rotatable bonds is 13. The number of carboxylic acids is 1. The van der Waals surface area contributed by atoms with E-state index < -0.39 is 29.4 Å². The van der Waals surface area contributed by atoms with Crippen LogP contribution in [0.15, 0.2) is 97.6 Å². The number of esters is 1. The van der Waals surface area contributed by atoms with Gasteiger partial charge in [0.2, 0.25) is 0 Å². The number of aliphatic carboxylic acids is 1. The normalized spacial score (nSPS) is 18.1. The van der Waals surface area contributed by atoms with Crippen molar-refractivity contribution in [1.29, 1.82) is 0 Å². The Morgan fingerprint density at radius 2 is 1.01 bits per heavy atom. The van der Waals surface area contributed by atoms with Gasteiger partial charge >= 0.3 is 53.8 Å². The van der Waals surface area contributed by atoms with Gasteiger partial charge in [-0.2, -0.15) is 36.5 Å². The molecular formula is C50H53F6N6NaO7. The second kappa shape index (κ2) is 24.4. The average Bonchev–Trinajstić information content (AvgIpc) is 3.94. The first-order chi connectivity index (χ1) is 32.4. The van der Waals surface area contributed by atoms with Gasteiger partial charge in [-0.3, -0.25) is 19.2 Å². The molecule has 4 N–H and O–H groups in total. The Hall–Kier alpha value is -5.76.